The fourth-order valence-electron chi connectivity index (χ4n) is 3.49. The van der Waals surface area contributed by atoms with Crippen LogP contribution in [0.5, 0.6) is 0 Å². The molecule has 3 rings (SSSR count). The highest BCUT2D eigenvalue weighted by Gasteiger charge is 2.24. The van der Waals surface area contributed by atoms with Crippen molar-refractivity contribution in [1.82, 2.24) is 24.8 Å². The van der Waals surface area contributed by atoms with E-state index in [1.807, 2.05) is 25.1 Å². The molecule has 0 aliphatic rings. The Balaban J connectivity index is 1.67. The number of aryl methyl sites for hydroxylation is 1. The van der Waals surface area contributed by atoms with Crippen LogP contribution in [0.3, 0.4) is 0 Å². The van der Waals surface area contributed by atoms with E-state index in [0.29, 0.717) is 24.1 Å². The largest absolute Gasteiger partial charge is 0.382 e. The van der Waals surface area contributed by atoms with Crippen molar-refractivity contribution in [3.05, 3.63) is 54.1 Å². The van der Waals surface area contributed by atoms with Gasteiger partial charge in [-0.3, -0.25) is 4.79 Å². The van der Waals surface area contributed by atoms with Crippen molar-refractivity contribution in [3.63, 3.8) is 0 Å². The molecule has 0 saturated heterocycles. The van der Waals surface area contributed by atoms with Crippen molar-refractivity contribution in [2.75, 3.05) is 13.1 Å². The van der Waals surface area contributed by atoms with E-state index in [1.165, 1.54) is 22.0 Å². The Morgan fingerprint density at radius 2 is 1.82 bits per heavy atom. The van der Waals surface area contributed by atoms with E-state index in [1.54, 1.807) is 26.8 Å². The molecule has 178 valence electrons. The minimum Gasteiger partial charge on any atom is -0.382 e. The lowest BCUT2D eigenvalue weighted by molar-refractivity contribution is -0.133. The second-order valence-electron chi connectivity index (χ2n) is 7.88. The summed E-state index contributed by atoms with van der Waals surface area (Å²) in [6.45, 7) is 7.87. The summed E-state index contributed by atoms with van der Waals surface area (Å²) in [5, 5.41) is 10.9. The maximum absolute atomic E-state index is 12.9. The molecule has 9 nitrogen and oxygen atoms in total. The standard InChI is InChI=1S/C23H31N5O4S/c1-5-27(6-2)33(30,31)20-14-15-21-22(16-20)28(26-25-21)32-18(4)23(29)24-17(3)12-13-19-10-8-7-9-11-19/h7-11,14-18H,5-6,12-13H2,1-4H3,(H,24,29). The zero-order valence-electron chi connectivity index (χ0n) is 19.4. The average molecular weight is 474 g/mol. The monoisotopic (exact) mass is 473 g/mol. The number of carbonyl (C=O) groups excluding carboxylic acids is 1. The fourth-order valence-corrected chi connectivity index (χ4v) is 4.97. The second kappa shape index (κ2) is 10.8. The molecule has 0 saturated carbocycles. The Hall–Kier alpha value is -2.98. The number of hydrogen-bond acceptors (Lipinski definition) is 6. The van der Waals surface area contributed by atoms with Crippen LogP contribution < -0.4 is 10.2 Å². The summed E-state index contributed by atoms with van der Waals surface area (Å²) in [4.78, 5) is 19.5. The first-order chi connectivity index (χ1) is 15.8. The molecular formula is C23H31N5O4S. The van der Waals surface area contributed by atoms with Gasteiger partial charge in [-0.25, -0.2) is 8.42 Å². The third-order valence-corrected chi connectivity index (χ3v) is 7.50. The Labute approximate surface area is 194 Å². The second-order valence-corrected chi connectivity index (χ2v) is 9.82. The van der Waals surface area contributed by atoms with Crippen LogP contribution in [0.1, 0.15) is 39.7 Å². The molecular weight excluding hydrogens is 442 g/mol. The van der Waals surface area contributed by atoms with Crippen molar-refractivity contribution < 1.29 is 18.0 Å². The first-order valence-corrected chi connectivity index (χ1v) is 12.6. The zero-order chi connectivity index (χ0) is 24.0. The topological polar surface area (TPSA) is 106 Å². The number of nitrogens with zero attached hydrogens (tertiary/aromatic N) is 4. The normalized spacial score (nSPS) is 13.7. The Kier molecular flexibility index (Phi) is 8.04. The van der Waals surface area contributed by atoms with E-state index in [2.05, 4.69) is 27.8 Å². The molecule has 33 heavy (non-hydrogen) atoms. The van der Waals surface area contributed by atoms with Crippen LogP contribution in [0.25, 0.3) is 11.0 Å². The SMILES string of the molecule is CCN(CC)S(=O)(=O)c1ccc2nnn(OC(C)C(=O)NC(C)CCc3ccccc3)c2c1. The van der Waals surface area contributed by atoms with Crippen molar-refractivity contribution in [3.8, 4) is 0 Å². The highest BCUT2D eigenvalue weighted by molar-refractivity contribution is 7.89. The smallest absolute Gasteiger partial charge is 0.263 e. The Morgan fingerprint density at radius 1 is 1.12 bits per heavy atom. The number of carbonyl (C=O) groups is 1. The lowest BCUT2D eigenvalue weighted by atomic mass is 10.1. The lowest BCUT2D eigenvalue weighted by Crippen LogP contribution is -2.43. The van der Waals surface area contributed by atoms with Crippen molar-refractivity contribution >= 4 is 27.0 Å². The molecule has 0 bridgehead atoms. The van der Waals surface area contributed by atoms with Gasteiger partial charge in [0, 0.05) is 19.1 Å². The summed E-state index contributed by atoms with van der Waals surface area (Å²) >= 11 is 0. The number of nitrogens with one attached hydrogen (secondary N) is 1. The molecule has 1 heterocycles. The van der Waals surface area contributed by atoms with Gasteiger partial charge in [0.2, 0.25) is 16.1 Å². The summed E-state index contributed by atoms with van der Waals surface area (Å²) in [6.07, 6.45) is 0.799. The molecule has 0 spiro atoms. The van der Waals surface area contributed by atoms with Crippen LogP contribution in [0.4, 0.5) is 0 Å². The predicted molar refractivity (Wildman–Crippen MR) is 126 cm³/mol. The van der Waals surface area contributed by atoms with Crippen molar-refractivity contribution in [2.24, 2.45) is 0 Å². The number of aromatic nitrogens is 3. The summed E-state index contributed by atoms with van der Waals surface area (Å²) in [5.41, 5.74) is 2.06. The van der Waals surface area contributed by atoms with Gasteiger partial charge in [-0.15, -0.1) is 5.10 Å². The number of hydrogen-bond donors (Lipinski definition) is 1. The van der Waals surface area contributed by atoms with Gasteiger partial charge in [0.05, 0.1) is 4.90 Å². The van der Waals surface area contributed by atoms with Gasteiger partial charge >= 0.3 is 0 Å². The molecule has 0 radical (unpaired) electrons. The van der Waals surface area contributed by atoms with Crippen LogP contribution in [-0.4, -0.2) is 59.0 Å². The Morgan fingerprint density at radius 3 is 2.48 bits per heavy atom. The molecule has 1 aromatic heterocycles. The summed E-state index contributed by atoms with van der Waals surface area (Å²) in [6, 6.07) is 14.6. The van der Waals surface area contributed by atoms with Gasteiger partial charge in [0.15, 0.2) is 0 Å². The van der Waals surface area contributed by atoms with E-state index < -0.39 is 16.1 Å². The van der Waals surface area contributed by atoms with Crippen LogP contribution in [0.2, 0.25) is 0 Å². The number of fused-ring (bicyclic) bond motifs is 1. The molecule has 2 unspecified atom stereocenters. The molecule has 2 atom stereocenters. The number of benzene rings is 2. The number of amides is 1. The number of sulfonamides is 1. The fraction of sp³-hybridized carbons (Fsp3) is 0.435. The van der Waals surface area contributed by atoms with E-state index in [0.717, 1.165) is 17.7 Å². The molecule has 0 aliphatic heterocycles. The lowest BCUT2D eigenvalue weighted by Gasteiger charge is -2.19. The van der Waals surface area contributed by atoms with Crippen molar-refractivity contribution in [2.45, 2.75) is 57.6 Å². The van der Waals surface area contributed by atoms with Crippen LogP contribution in [-0.2, 0) is 21.2 Å². The van der Waals surface area contributed by atoms with Crippen LogP contribution in [0.15, 0.2) is 53.4 Å². The van der Waals surface area contributed by atoms with Crippen LogP contribution >= 0.6 is 0 Å². The van der Waals surface area contributed by atoms with Crippen LogP contribution in [0, 0.1) is 0 Å². The molecule has 10 heteroatoms. The van der Waals surface area contributed by atoms with Gasteiger partial charge in [-0.05, 0) is 55.7 Å². The third-order valence-electron chi connectivity index (χ3n) is 5.45. The Bertz CT molecular complexity index is 1180. The van der Waals surface area contributed by atoms with Gasteiger partial charge in [-0.2, -0.15) is 4.31 Å². The van der Waals surface area contributed by atoms with Gasteiger partial charge < -0.3 is 10.2 Å². The first-order valence-electron chi connectivity index (χ1n) is 11.1. The highest BCUT2D eigenvalue weighted by atomic mass is 32.2. The van der Waals surface area contributed by atoms with Gasteiger partial charge in [0.1, 0.15) is 11.0 Å². The van der Waals surface area contributed by atoms with Crippen molar-refractivity contribution in [1.29, 1.82) is 0 Å². The maximum Gasteiger partial charge on any atom is 0.263 e. The summed E-state index contributed by atoms with van der Waals surface area (Å²) < 4.78 is 27.1. The highest BCUT2D eigenvalue weighted by Crippen LogP contribution is 2.20. The first kappa shape index (κ1) is 24.7. The average Bonchev–Trinajstić information content (AvgIpc) is 3.21. The zero-order valence-corrected chi connectivity index (χ0v) is 20.2. The minimum atomic E-state index is -3.65. The molecule has 2 aromatic carbocycles. The molecule has 0 fully saturated rings. The molecule has 1 N–H and O–H groups in total. The molecule has 1 amide bonds. The molecule has 3 aromatic rings. The predicted octanol–water partition coefficient (Wildman–Crippen LogP) is 2.42. The van der Waals surface area contributed by atoms with E-state index in [4.69, 9.17) is 4.84 Å². The third kappa shape index (κ3) is 5.88. The minimum absolute atomic E-state index is 0.0398. The van der Waals surface area contributed by atoms with E-state index in [-0.39, 0.29) is 16.8 Å². The van der Waals surface area contributed by atoms with Gasteiger partial charge in [-0.1, -0.05) is 49.0 Å². The summed E-state index contributed by atoms with van der Waals surface area (Å²) in [7, 11) is -3.65. The number of rotatable bonds is 11. The summed E-state index contributed by atoms with van der Waals surface area (Å²) in [5.74, 6) is -0.286. The maximum atomic E-state index is 12.9. The quantitative estimate of drug-likeness (QED) is 0.458. The van der Waals surface area contributed by atoms with E-state index >= 15 is 0 Å². The van der Waals surface area contributed by atoms with Gasteiger partial charge in [0.25, 0.3) is 5.91 Å². The van der Waals surface area contributed by atoms with E-state index in [9.17, 15) is 13.2 Å². The molecule has 0 aliphatic carbocycles.